The summed E-state index contributed by atoms with van der Waals surface area (Å²) in [7, 11) is 1.97. The van der Waals surface area contributed by atoms with E-state index in [0.29, 0.717) is 13.2 Å². The molecular formula is C19H20F2N3O2S+. The summed E-state index contributed by atoms with van der Waals surface area (Å²) in [5, 5.41) is 4.35. The highest BCUT2D eigenvalue weighted by atomic mass is 32.1. The molecule has 1 unspecified atom stereocenters. The lowest BCUT2D eigenvalue weighted by atomic mass is 10.2. The second kappa shape index (κ2) is 8.41. The van der Waals surface area contributed by atoms with Crippen molar-refractivity contribution in [1.82, 2.24) is 9.78 Å². The molecule has 0 bridgehead atoms. The van der Waals surface area contributed by atoms with Gasteiger partial charge in [0.15, 0.2) is 24.3 Å². The van der Waals surface area contributed by atoms with Gasteiger partial charge < -0.3 is 14.1 Å². The summed E-state index contributed by atoms with van der Waals surface area (Å²) in [6.45, 7) is 2.85. The topological polar surface area (TPSA) is 44.6 Å². The third kappa shape index (κ3) is 4.99. The van der Waals surface area contributed by atoms with Crippen LogP contribution in [0, 0.1) is 16.5 Å². The molecule has 1 aromatic heterocycles. The largest absolute Gasteiger partial charge is 0.478 e. The molecule has 0 radical (unpaired) electrons. The van der Waals surface area contributed by atoms with Gasteiger partial charge in [0.25, 0.3) is 10.7 Å². The number of nitrogens with zero attached hydrogens (tertiary/aromatic N) is 2. The maximum absolute atomic E-state index is 13.7. The zero-order chi connectivity index (χ0) is 19.4. The molecule has 1 N–H and O–H groups in total. The van der Waals surface area contributed by atoms with Gasteiger partial charge in [0, 0.05) is 5.56 Å². The number of quaternary nitrogens is 1. The Hall–Kier alpha value is -2.58. The number of ether oxygens (including phenoxy) is 1. The Balaban J connectivity index is 1.65. The average molecular weight is 392 g/mol. The summed E-state index contributed by atoms with van der Waals surface area (Å²) >= 11 is 5.22. The van der Waals surface area contributed by atoms with Gasteiger partial charge in [0.1, 0.15) is 12.4 Å². The normalized spacial score (nSPS) is 13.3. The van der Waals surface area contributed by atoms with Gasteiger partial charge in [0.2, 0.25) is 0 Å². The molecule has 3 aromatic rings. The van der Waals surface area contributed by atoms with Crippen molar-refractivity contribution in [3.63, 3.8) is 0 Å². The Morgan fingerprint density at radius 1 is 1.19 bits per heavy atom. The van der Waals surface area contributed by atoms with Gasteiger partial charge in [-0.2, -0.15) is 4.68 Å². The highest BCUT2D eigenvalue weighted by Crippen LogP contribution is 2.23. The first-order valence-corrected chi connectivity index (χ1v) is 8.88. The van der Waals surface area contributed by atoms with E-state index in [9.17, 15) is 8.78 Å². The van der Waals surface area contributed by atoms with E-state index in [0.717, 1.165) is 10.5 Å². The van der Waals surface area contributed by atoms with Crippen molar-refractivity contribution in [2.45, 2.75) is 26.2 Å². The van der Waals surface area contributed by atoms with E-state index in [1.807, 2.05) is 7.05 Å². The molecule has 0 aliphatic carbocycles. The van der Waals surface area contributed by atoms with Crippen LogP contribution in [0.1, 0.15) is 24.5 Å². The Morgan fingerprint density at radius 2 is 1.89 bits per heavy atom. The highest BCUT2D eigenvalue weighted by molar-refractivity contribution is 7.71. The van der Waals surface area contributed by atoms with Crippen molar-refractivity contribution >= 4 is 12.2 Å². The summed E-state index contributed by atoms with van der Waals surface area (Å²) in [5.41, 5.74) is 1.00. The highest BCUT2D eigenvalue weighted by Gasteiger charge is 2.18. The molecule has 0 aliphatic heterocycles. The van der Waals surface area contributed by atoms with Crippen LogP contribution in [-0.2, 0) is 13.2 Å². The van der Waals surface area contributed by atoms with Gasteiger partial charge >= 0.3 is 0 Å². The summed E-state index contributed by atoms with van der Waals surface area (Å²) in [6.07, 6.45) is -0.595. The zero-order valence-electron chi connectivity index (χ0n) is 15.0. The van der Waals surface area contributed by atoms with E-state index in [-0.39, 0.29) is 22.3 Å². The third-order valence-corrected chi connectivity index (χ3v) is 4.24. The molecule has 2 aromatic carbocycles. The van der Waals surface area contributed by atoms with Gasteiger partial charge in [-0.15, -0.1) is 5.10 Å². The van der Waals surface area contributed by atoms with Gasteiger partial charge in [0.05, 0.1) is 7.05 Å². The van der Waals surface area contributed by atoms with Crippen molar-refractivity contribution in [3.8, 4) is 5.75 Å². The van der Waals surface area contributed by atoms with Crippen LogP contribution in [0.3, 0.4) is 0 Å². The first-order valence-electron chi connectivity index (χ1n) is 8.47. The molecule has 142 valence electrons. The minimum atomic E-state index is -0.595. The van der Waals surface area contributed by atoms with E-state index >= 15 is 0 Å². The van der Waals surface area contributed by atoms with Crippen LogP contribution in [0.4, 0.5) is 8.78 Å². The number of hydrogen-bond acceptors (Lipinski definition) is 4. The van der Waals surface area contributed by atoms with Gasteiger partial charge in [-0.3, -0.25) is 0 Å². The van der Waals surface area contributed by atoms with Crippen molar-refractivity contribution in [2.75, 3.05) is 7.05 Å². The molecule has 2 atom stereocenters. The van der Waals surface area contributed by atoms with E-state index < -0.39 is 11.9 Å². The molecule has 8 heteroatoms. The summed E-state index contributed by atoms with van der Waals surface area (Å²) in [5.74, 6) is -0.313. The second-order valence-corrected chi connectivity index (χ2v) is 6.66. The van der Waals surface area contributed by atoms with Gasteiger partial charge in [-0.1, -0.05) is 24.3 Å². The third-order valence-electron chi connectivity index (χ3n) is 3.95. The van der Waals surface area contributed by atoms with Crippen LogP contribution >= 0.6 is 12.2 Å². The smallest absolute Gasteiger partial charge is 0.292 e. The van der Waals surface area contributed by atoms with E-state index in [2.05, 4.69) is 5.10 Å². The van der Waals surface area contributed by atoms with E-state index in [4.69, 9.17) is 21.4 Å². The lowest BCUT2D eigenvalue weighted by Crippen LogP contribution is -3.07. The van der Waals surface area contributed by atoms with Crippen LogP contribution < -0.4 is 9.64 Å². The van der Waals surface area contributed by atoms with E-state index in [1.54, 1.807) is 35.9 Å². The quantitative estimate of drug-likeness (QED) is 0.627. The predicted octanol–water partition coefficient (Wildman–Crippen LogP) is 3.30. The molecule has 5 nitrogen and oxygen atoms in total. The lowest BCUT2D eigenvalue weighted by Gasteiger charge is -2.13. The number of aromatic nitrogens is 2. The molecule has 0 saturated heterocycles. The van der Waals surface area contributed by atoms with Crippen LogP contribution in [0.2, 0.25) is 0 Å². The monoisotopic (exact) mass is 392 g/mol. The number of benzene rings is 2. The predicted molar refractivity (Wildman–Crippen MR) is 97.8 cm³/mol. The molecule has 0 amide bonds. The Bertz CT molecular complexity index is 956. The Kier molecular flexibility index (Phi) is 5.98. The fourth-order valence-corrected chi connectivity index (χ4v) is 2.82. The second-order valence-electron chi connectivity index (χ2n) is 6.31. The Labute approximate surface area is 160 Å². The molecule has 27 heavy (non-hydrogen) atoms. The Morgan fingerprint density at radius 3 is 2.59 bits per heavy atom. The average Bonchev–Trinajstić information content (AvgIpc) is 2.99. The molecule has 1 heterocycles. The molecular weight excluding hydrogens is 372 g/mol. The fourth-order valence-electron chi connectivity index (χ4n) is 2.63. The van der Waals surface area contributed by atoms with Crippen LogP contribution in [0.5, 0.6) is 5.75 Å². The number of para-hydroxylation sites is 1. The minimum Gasteiger partial charge on any atom is -0.478 e. The molecule has 0 fully saturated rings. The first-order chi connectivity index (χ1) is 12.9. The number of nitrogens with one attached hydrogen (secondary N) is 1. The zero-order valence-corrected chi connectivity index (χ0v) is 15.8. The summed E-state index contributed by atoms with van der Waals surface area (Å²) in [6, 6.07) is 12.5. The van der Waals surface area contributed by atoms with Crippen LogP contribution in [0.15, 0.2) is 52.9 Å². The first kappa shape index (κ1) is 19.2. The van der Waals surface area contributed by atoms with Crippen molar-refractivity contribution < 1.29 is 22.8 Å². The van der Waals surface area contributed by atoms with E-state index in [1.165, 1.54) is 24.3 Å². The number of halogens is 2. The van der Waals surface area contributed by atoms with Gasteiger partial charge in [-0.25, -0.2) is 8.78 Å². The molecule has 3 rings (SSSR count). The van der Waals surface area contributed by atoms with Crippen molar-refractivity contribution in [3.05, 3.63) is 76.5 Å². The van der Waals surface area contributed by atoms with Crippen molar-refractivity contribution in [1.29, 1.82) is 0 Å². The molecule has 0 aliphatic rings. The number of hydrogen-bond donors (Lipinski definition) is 1. The summed E-state index contributed by atoms with van der Waals surface area (Å²) in [4.78, 5) is 1.30. The SMILES string of the molecule is C[C@H](Oc1ccccc1F)c1nn(C[NH+](C)Cc2ccc(F)cc2)c(=S)o1. The summed E-state index contributed by atoms with van der Waals surface area (Å²) < 4.78 is 39.4. The standard InChI is InChI=1S/C19H19F2N3O2S/c1-13(25-17-6-4-3-5-16(17)21)18-22-24(19(27)26-18)12-23(2)11-14-7-9-15(20)10-8-14/h3-10,13H,11-12H2,1-2H3/p+1/t13-/m0/s1. The fraction of sp³-hybridized carbons (Fsp3) is 0.263. The van der Waals surface area contributed by atoms with Crippen LogP contribution in [-0.4, -0.2) is 16.8 Å². The van der Waals surface area contributed by atoms with Gasteiger partial charge in [-0.05, 0) is 43.4 Å². The molecule has 0 spiro atoms. The maximum Gasteiger partial charge on any atom is 0.292 e. The molecule has 0 saturated carbocycles. The van der Waals surface area contributed by atoms with Crippen molar-refractivity contribution in [2.24, 2.45) is 0 Å². The lowest BCUT2D eigenvalue weighted by molar-refractivity contribution is -0.917. The number of rotatable bonds is 7. The minimum absolute atomic E-state index is 0.125. The van der Waals surface area contributed by atoms with Crippen LogP contribution in [0.25, 0.3) is 0 Å². The maximum atomic E-state index is 13.7.